The van der Waals surface area contributed by atoms with Crippen LogP contribution in [0.25, 0.3) is 0 Å². The Morgan fingerprint density at radius 1 is 1.00 bits per heavy atom. The third kappa shape index (κ3) is 1.41. The van der Waals surface area contributed by atoms with E-state index in [1.807, 2.05) is 0 Å². The summed E-state index contributed by atoms with van der Waals surface area (Å²) in [5, 5.41) is 12.5. The highest BCUT2D eigenvalue weighted by Crippen LogP contribution is 2.78. The van der Waals surface area contributed by atoms with Crippen molar-refractivity contribution in [3.05, 3.63) is 35.9 Å². The molecule has 6 fully saturated rings. The van der Waals surface area contributed by atoms with Gasteiger partial charge in [0, 0.05) is 0 Å². The minimum atomic E-state index is -0.614. The molecule has 4 atom stereocenters. The Morgan fingerprint density at radius 2 is 1.65 bits per heavy atom. The van der Waals surface area contributed by atoms with Crippen molar-refractivity contribution < 1.29 is 5.11 Å². The van der Waals surface area contributed by atoms with Crippen molar-refractivity contribution in [2.24, 2.45) is 29.6 Å². The second-order valence-corrected chi connectivity index (χ2v) is 9.02. The Labute approximate surface area is 138 Å². The second kappa shape index (κ2) is 4.21. The van der Waals surface area contributed by atoms with E-state index in [0.29, 0.717) is 5.92 Å². The molecular formula is C21H27NO. The van der Waals surface area contributed by atoms with E-state index in [1.165, 1.54) is 57.2 Å². The third-order valence-corrected chi connectivity index (χ3v) is 8.52. The number of hydrogen-bond donors (Lipinski definition) is 1. The molecule has 2 heteroatoms. The fourth-order valence-corrected chi connectivity index (χ4v) is 7.89. The van der Waals surface area contributed by atoms with E-state index in [0.717, 1.165) is 23.7 Å². The van der Waals surface area contributed by atoms with E-state index in [1.54, 1.807) is 0 Å². The lowest BCUT2D eigenvalue weighted by molar-refractivity contribution is -0.141. The summed E-state index contributed by atoms with van der Waals surface area (Å²) in [5.74, 6) is 4.08. The van der Waals surface area contributed by atoms with Crippen LogP contribution in [-0.2, 0) is 5.60 Å². The number of aliphatic hydroxyl groups is 1. The number of rotatable bonds is 3. The highest BCUT2D eigenvalue weighted by Gasteiger charge is 2.76. The van der Waals surface area contributed by atoms with Crippen LogP contribution in [0, 0.1) is 29.6 Å². The van der Waals surface area contributed by atoms with Crippen molar-refractivity contribution in [3.63, 3.8) is 0 Å². The molecule has 122 valence electrons. The van der Waals surface area contributed by atoms with Crippen LogP contribution in [0.2, 0.25) is 0 Å². The topological polar surface area (TPSA) is 23.5 Å². The van der Waals surface area contributed by atoms with Crippen molar-refractivity contribution in [2.75, 3.05) is 13.1 Å². The molecule has 1 aromatic rings. The van der Waals surface area contributed by atoms with E-state index < -0.39 is 5.60 Å². The zero-order valence-electron chi connectivity index (χ0n) is 13.8. The highest BCUT2D eigenvalue weighted by atomic mass is 16.3. The molecule has 2 heterocycles. The lowest BCUT2D eigenvalue weighted by Gasteiger charge is -2.52. The van der Waals surface area contributed by atoms with Crippen LogP contribution in [0.15, 0.2) is 30.3 Å². The van der Waals surface area contributed by atoms with Crippen LogP contribution in [0.4, 0.5) is 0 Å². The summed E-state index contributed by atoms with van der Waals surface area (Å²) < 4.78 is 0. The van der Waals surface area contributed by atoms with Crippen LogP contribution in [-0.4, -0.2) is 28.6 Å². The second-order valence-electron chi connectivity index (χ2n) is 9.02. The van der Waals surface area contributed by atoms with Gasteiger partial charge in [-0.3, -0.25) is 4.90 Å². The summed E-state index contributed by atoms with van der Waals surface area (Å²) in [4.78, 5) is 2.67. The lowest BCUT2D eigenvalue weighted by atomic mass is 9.63. The quantitative estimate of drug-likeness (QED) is 0.925. The van der Waals surface area contributed by atoms with Crippen molar-refractivity contribution in [2.45, 2.75) is 49.7 Å². The van der Waals surface area contributed by atoms with Gasteiger partial charge in [-0.1, -0.05) is 30.3 Å². The van der Waals surface area contributed by atoms with Crippen LogP contribution in [0.3, 0.4) is 0 Å². The Morgan fingerprint density at radius 3 is 2.22 bits per heavy atom. The Hall–Kier alpha value is -0.860. The fraction of sp³-hybridized carbons (Fsp3) is 0.714. The zero-order valence-corrected chi connectivity index (χ0v) is 13.8. The largest absolute Gasteiger partial charge is 0.383 e. The predicted molar refractivity (Wildman–Crippen MR) is 89.8 cm³/mol. The van der Waals surface area contributed by atoms with Gasteiger partial charge in [-0.25, -0.2) is 0 Å². The molecule has 2 nitrogen and oxygen atoms in total. The van der Waals surface area contributed by atoms with E-state index in [9.17, 15) is 5.11 Å². The van der Waals surface area contributed by atoms with Gasteiger partial charge in [0.25, 0.3) is 0 Å². The Bertz CT molecular complexity index is 619. The molecule has 23 heavy (non-hydrogen) atoms. The first-order valence-corrected chi connectivity index (χ1v) is 9.79. The highest BCUT2D eigenvalue weighted by molar-refractivity contribution is 5.35. The molecule has 3 unspecified atom stereocenters. The minimum Gasteiger partial charge on any atom is -0.383 e. The molecule has 0 spiro atoms. The summed E-state index contributed by atoms with van der Waals surface area (Å²) >= 11 is 0. The van der Waals surface area contributed by atoms with Crippen LogP contribution in [0.5, 0.6) is 0 Å². The average molecular weight is 309 g/mol. The maximum atomic E-state index is 12.5. The van der Waals surface area contributed by atoms with Crippen LogP contribution in [0.1, 0.15) is 44.1 Å². The lowest BCUT2D eigenvalue weighted by Crippen LogP contribution is -2.60. The van der Waals surface area contributed by atoms with Gasteiger partial charge in [0.2, 0.25) is 0 Å². The van der Waals surface area contributed by atoms with Gasteiger partial charge in [0.05, 0.1) is 5.54 Å². The first kappa shape index (κ1) is 13.4. The summed E-state index contributed by atoms with van der Waals surface area (Å²) in [6.45, 7) is 2.40. The molecule has 0 aromatic heterocycles. The van der Waals surface area contributed by atoms with Crippen molar-refractivity contribution in [3.8, 4) is 0 Å². The minimum absolute atomic E-state index is 0.0314. The van der Waals surface area contributed by atoms with Crippen LogP contribution >= 0.6 is 0 Å². The van der Waals surface area contributed by atoms with Gasteiger partial charge in [-0.05, 0) is 86.8 Å². The van der Waals surface area contributed by atoms with Gasteiger partial charge >= 0.3 is 0 Å². The first-order valence-electron chi connectivity index (χ1n) is 9.79. The molecule has 0 amide bonds. The molecule has 4 bridgehead atoms. The molecule has 2 saturated heterocycles. The molecule has 6 aliphatic rings. The number of benzene rings is 1. The molecule has 0 radical (unpaired) electrons. The first-order chi connectivity index (χ1) is 11.3. The van der Waals surface area contributed by atoms with Gasteiger partial charge in [-0.15, -0.1) is 0 Å². The van der Waals surface area contributed by atoms with Gasteiger partial charge < -0.3 is 5.11 Å². The monoisotopic (exact) mass is 309 g/mol. The summed E-state index contributed by atoms with van der Waals surface area (Å²) in [5.41, 5.74) is 0.636. The number of fused-ring (bicyclic) bond motifs is 1. The average Bonchev–Trinajstić information content (AvgIpc) is 3.19. The normalized spacial score (nSPS) is 45.2. The van der Waals surface area contributed by atoms with Crippen molar-refractivity contribution in [1.82, 2.24) is 4.90 Å². The van der Waals surface area contributed by atoms with Gasteiger partial charge in [-0.2, -0.15) is 0 Å². The molecule has 1 N–H and O–H groups in total. The molecule has 7 rings (SSSR count). The fourth-order valence-electron chi connectivity index (χ4n) is 7.89. The Balaban J connectivity index is 1.54. The number of nitrogens with zero attached hydrogens (tertiary/aromatic N) is 1. The molecule has 1 aromatic carbocycles. The summed E-state index contributed by atoms with van der Waals surface area (Å²) in [7, 11) is 0. The van der Waals surface area contributed by atoms with E-state index in [-0.39, 0.29) is 5.54 Å². The molecule has 4 saturated carbocycles. The van der Waals surface area contributed by atoms with E-state index in [2.05, 4.69) is 35.2 Å². The summed E-state index contributed by atoms with van der Waals surface area (Å²) in [6.07, 6.45) is 7.75. The predicted octanol–water partition coefficient (Wildman–Crippen LogP) is 3.40. The van der Waals surface area contributed by atoms with E-state index in [4.69, 9.17) is 0 Å². The summed E-state index contributed by atoms with van der Waals surface area (Å²) in [6, 6.07) is 10.8. The van der Waals surface area contributed by atoms with Crippen LogP contribution < -0.4 is 0 Å². The van der Waals surface area contributed by atoms with Gasteiger partial charge in [0.15, 0.2) is 0 Å². The SMILES string of the molecule is OC(c1ccccc1)([C@@H]1C2CC3C(C2)C31)C12CCCN1CCC2. The maximum Gasteiger partial charge on any atom is 0.111 e. The molecule has 4 aliphatic carbocycles. The zero-order chi connectivity index (χ0) is 15.2. The molecule has 2 aliphatic heterocycles. The smallest absolute Gasteiger partial charge is 0.111 e. The molecular weight excluding hydrogens is 282 g/mol. The van der Waals surface area contributed by atoms with Gasteiger partial charge in [0.1, 0.15) is 5.60 Å². The Kier molecular flexibility index (Phi) is 2.46. The maximum absolute atomic E-state index is 12.5. The van der Waals surface area contributed by atoms with Crippen molar-refractivity contribution in [1.29, 1.82) is 0 Å². The standard InChI is InChI=1S/C21H27NO/c23-21(15-6-2-1-3-7-15,19-14-12-16-17(13-14)18(16)19)20-8-4-10-22(20)11-5-9-20/h1-3,6-7,14,16-19,23H,4-5,8-13H2/t14?,16?,17?,18?,19-,21?/m1/s1. The van der Waals surface area contributed by atoms with E-state index >= 15 is 0 Å². The van der Waals surface area contributed by atoms with Crippen molar-refractivity contribution >= 4 is 0 Å². The number of hydrogen-bond acceptors (Lipinski definition) is 2. The third-order valence-electron chi connectivity index (χ3n) is 8.52.